The van der Waals surface area contributed by atoms with Gasteiger partial charge in [0, 0.05) is 23.7 Å². The Morgan fingerprint density at radius 1 is 1.00 bits per heavy atom. The number of hydrogen-bond acceptors (Lipinski definition) is 4. The SMILES string of the molecule is Nc1ccc(CC(=O)Nc2ccc(NC(=O)C3CCCO3)cc2)cc1. The van der Waals surface area contributed by atoms with E-state index in [9.17, 15) is 9.59 Å². The van der Waals surface area contributed by atoms with Gasteiger partial charge >= 0.3 is 0 Å². The lowest BCUT2D eigenvalue weighted by molar-refractivity contribution is -0.124. The van der Waals surface area contributed by atoms with Gasteiger partial charge in [0.05, 0.1) is 6.42 Å². The highest BCUT2D eigenvalue weighted by Crippen LogP contribution is 2.17. The lowest BCUT2D eigenvalue weighted by Gasteiger charge is -2.11. The minimum Gasteiger partial charge on any atom is -0.399 e. The second kappa shape index (κ2) is 7.81. The lowest BCUT2D eigenvalue weighted by atomic mass is 10.1. The third kappa shape index (κ3) is 4.81. The summed E-state index contributed by atoms with van der Waals surface area (Å²) in [5.74, 6) is -0.237. The van der Waals surface area contributed by atoms with Crippen molar-refractivity contribution >= 4 is 28.9 Å². The van der Waals surface area contributed by atoms with Crippen LogP contribution in [0.1, 0.15) is 18.4 Å². The molecular weight excluding hydrogens is 318 g/mol. The van der Waals surface area contributed by atoms with Crippen LogP contribution in [0.2, 0.25) is 0 Å². The predicted molar refractivity (Wildman–Crippen MR) is 97.2 cm³/mol. The van der Waals surface area contributed by atoms with Gasteiger partial charge in [0.1, 0.15) is 6.10 Å². The fourth-order valence-corrected chi connectivity index (χ4v) is 2.67. The molecule has 0 aromatic heterocycles. The molecule has 2 amide bonds. The van der Waals surface area contributed by atoms with Crippen molar-refractivity contribution in [1.29, 1.82) is 0 Å². The monoisotopic (exact) mass is 339 g/mol. The smallest absolute Gasteiger partial charge is 0.253 e. The number of carbonyl (C=O) groups excluding carboxylic acids is 2. The average molecular weight is 339 g/mol. The number of nitrogens with one attached hydrogen (secondary N) is 2. The standard InChI is InChI=1S/C19H21N3O3/c20-14-5-3-13(4-6-14)12-18(23)21-15-7-9-16(10-8-15)22-19(24)17-2-1-11-25-17/h3-10,17H,1-2,11-12,20H2,(H,21,23)(H,22,24). The Hall–Kier alpha value is -2.86. The van der Waals surface area contributed by atoms with Crippen LogP contribution < -0.4 is 16.4 Å². The summed E-state index contributed by atoms with van der Waals surface area (Å²) in [6.07, 6.45) is 1.58. The Balaban J connectivity index is 1.52. The largest absolute Gasteiger partial charge is 0.399 e. The van der Waals surface area contributed by atoms with E-state index in [0.29, 0.717) is 23.7 Å². The van der Waals surface area contributed by atoms with Crippen molar-refractivity contribution in [2.75, 3.05) is 23.0 Å². The van der Waals surface area contributed by atoms with Gasteiger partial charge in [0.2, 0.25) is 5.91 Å². The van der Waals surface area contributed by atoms with Crippen LogP contribution >= 0.6 is 0 Å². The van der Waals surface area contributed by atoms with Crippen molar-refractivity contribution < 1.29 is 14.3 Å². The Morgan fingerprint density at radius 2 is 1.64 bits per heavy atom. The summed E-state index contributed by atoms with van der Waals surface area (Å²) in [5, 5.41) is 5.65. The summed E-state index contributed by atoms with van der Waals surface area (Å²) in [5.41, 5.74) is 8.55. The molecule has 1 aliphatic heterocycles. The fourth-order valence-electron chi connectivity index (χ4n) is 2.67. The first-order valence-corrected chi connectivity index (χ1v) is 8.27. The molecule has 1 unspecified atom stereocenters. The van der Waals surface area contributed by atoms with Crippen LogP contribution in [-0.4, -0.2) is 24.5 Å². The van der Waals surface area contributed by atoms with Crippen LogP contribution in [0.5, 0.6) is 0 Å². The highest BCUT2D eigenvalue weighted by Gasteiger charge is 2.23. The van der Waals surface area contributed by atoms with Crippen molar-refractivity contribution in [2.24, 2.45) is 0 Å². The third-order valence-corrected chi connectivity index (χ3v) is 4.00. The molecule has 2 aromatic rings. The first-order chi connectivity index (χ1) is 12.1. The van der Waals surface area contributed by atoms with Gasteiger partial charge in [-0.25, -0.2) is 0 Å². The van der Waals surface area contributed by atoms with Crippen LogP contribution in [0.4, 0.5) is 17.1 Å². The van der Waals surface area contributed by atoms with Gasteiger partial charge in [0.15, 0.2) is 0 Å². The van der Waals surface area contributed by atoms with E-state index in [1.807, 2.05) is 12.1 Å². The molecule has 1 heterocycles. The molecule has 1 saturated heterocycles. The number of carbonyl (C=O) groups is 2. The highest BCUT2D eigenvalue weighted by molar-refractivity contribution is 5.95. The van der Waals surface area contributed by atoms with Gasteiger partial charge in [-0.05, 0) is 54.8 Å². The number of nitrogen functional groups attached to an aromatic ring is 1. The molecule has 0 spiro atoms. The Morgan fingerprint density at radius 3 is 2.24 bits per heavy atom. The van der Waals surface area contributed by atoms with E-state index >= 15 is 0 Å². The summed E-state index contributed by atoms with van der Waals surface area (Å²) < 4.78 is 5.35. The first-order valence-electron chi connectivity index (χ1n) is 8.27. The van der Waals surface area contributed by atoms with Crippen LogP contribution in [0, 0.1) is 0 Å². The van der Waals surface area contributed by atoms with E-state index in [4.69, 9.17) is 10.5 Å². The molecule has 4 N–H and O–H groups in total. The zero-order valence-electron chi connectivity index (χ0n) is 13.8. The molecule has 0 aliphatic carbocycles. The van der Waals surface area contributed by atoms with E-state index in [1.54, 1.807) is 36.4 Å². The molecule has 1 aliphatic rings. The molecule has 6 nitrogen and oxygen atoms in total. The van der Waals surface area contributed by atoms with Gasteiger partial charge < -0.3 is 21.1 Å². The number of nitrogens with two attached hydrogens (primary N) is 1. The van der Waals surface area contributed by atoms with Gasteiger partial charge in [-0.15, -0.1) is 0 Å². The molecule has 3 rings (SSSR count). The Labute approximate surface area is 146 Å². The van der Waals surface area contributed by atoms with E-state index in [2.05, 4.69) is 10.6 Å². The number of hydrogen-bond donors (Lipinski definition) is 3. The maximum absolute atomic E-state index is 12.1. The number of ether oxygens (including phenoxy) is 1. The van der Waals surface area contributed by atoms with Crippen molar-refractivity contribution in [3.05, 3.63) is 54.1 Å². The quantitative estimate of drug-likeness (QED) is 0.730. The van der Waals surface area contributed by atoms with Crippen molar-refractivity contribution in [3.8, 4) is 0 Å². The number of amides is 2. The van der Waals surface area contributed by atoms with E-state index in [0.717, 1.165) is 18.4 Å². The Kier molecular flexibility index (Phi) is 5.30. The summed E-state index contributed by atoms with van der Waals surface area (Å²) in [4.78, 5) is 24.1. The number of benzene rings is 2. The van der Waals surface area contributed by atoms with Crippen LogP contribution in [0.25, 0.3) is 0 Å². The minimum absolute atomic E-state index is 0.110. The van der Waals surface area contributed by atoms with Gasteiger partial charge in [-0.2, -0.15) is 0 Å². The maximum Gasteiger partial charge on any atom is 0.253 e. The minimum atomic E-state index is -0.362. The third-order valence-electron chi connectivity index (χ3n) is 4.00. The zero-order valence-corrected chi connectivity index (χ0v) is 13.8. The fraction of sp³-hybridized carbons (Fsp3) is 0.263. The van der Waals surface area contributed by atoms with Gasteiger partial charge in [-0.3, -0.25) is 9.59 Å². The van der Waals surface area contributed by atoms with E-state index in [1.165, 1.54) is 0 Å². The average Bonchev–Trinajstić information content (AvgIpc) is 3.13. The summed E-state index contributed by atoms with van der Waals surface area (Å²) >= 11 is 0. The number of anilines is 3. The predicted octanol–water partition coefficient (Wildman–Crippen LogP) is 2.57. The highest BCUT2D eigenvalue weighted by atomic mass is 16.5. The summed E-state index contributed by atoms with van der Waals surface area (Å²) in [6, 6.07) is 14.2. The molecule has 0 saturated carbocycles. The zero-order chi connectivity index (χ0) is 17.6. The molecule has 0 radical (unpaired) electrons. The molecule has 0 bridgehead atoms. The molecule has 1 atom stereocenters. The van der Waals surface area contributed by atoms with Crippen LogP contribution in [0.3, 0.4) is 0 Å². The van der Waals surface area contributed by atoms with Crippen molar-refractivity contribution in [2.45, 2.75) is 25.4 Å². The van der Waals surface area contributed by atoms with Crippen molar-refractivity contribution in [1.82, 2.24) is 0 Å². The first kappa shape index (κ1) is 17.0. The topological polar surface area (TPSA) is 93.5 Å². The second-order valence-corrected chi connectivity index (χ2v) is 6.03. The van der Waals surface area contributed by atoms with E-state index < -0.39 is 0 Å². The van der Waals surface area contributed by atoms with Crippen LogP contribution in [0.15, 0.2) is 48.5 Å². The normalized spacial score (nSPS) is 16.4. The lowest BCUT2D eigenvalue weighted by Crippen LogP contribution is -2.26. The maximum atomic E-state index is 12.1. The van der Waals surface area contributed by atoms with Gasteiger partial charge in [0.25, 0.3) is 5.91 Å². The molecule has 2 aromatic carbocycles. The molecule has 6 heteroatoms. The molecule has 130 valence electrons. The number of rotatable bonds is 5. The Bertz CT molecular complexity index is 736. The van der Waals surface area contributed by atoms with Crippen molar-refractivity contribution in [3.63, 3.8) is 0 Å². The van der Waals surface area contributed by atoms with Gasteiger partial charge in [-0.1, -0.05) is 12.1 Å². The summed E-state index contributed by atoms with van der Waals surface area (Å²) in [7, 11) is 0. The van der Waals surface area contributed by atoms with Crippen LogP contribution in [-0.2, 0) is 20.7 Å². The molecule has 25 heavy (non-hydrogen) atoms. The summed E-state index contributed by atoms with van der Waals surface area (Å²) in [6.45, 7) is 0.636. The second-order valence-electron chi connectivity index (χ2n) is 6.03. The molecule has 1 fully saturated rings. The van der Waals surface area contributed by atoms with E-state index in [-0.39, 0.29) is 24.3 Å². The molecular formula is C19H21N3O3.